The topological polar surface area (TPSA) is 122 Å². The van der Waals surface area contributed by atoms with E-state index in [2.05, 4.69) is 4.98 Å². The maximum absolute atomic E-state index is 15.5. The van der Waals surface area contributed by atoms with E-state index in [1.807, 2.05) is 5.32 Å². The van der Waals surface area contributed by atoms with Gasteiger partial charge in [-0.1, -0.05) is 11.6 Å². The van der Waals surface area contributed by atoms with Crippen LogP contribution in [0.1, 0.15) is 56.8 Å². The minimum atomic E-state index is -5.13. The van der Waals surface area contributed by atoms with Crippen molar-refractivity contribution < 1.29 is 36.7 Å². The number of imide groups is 1. The van der Waals surface area contributed by atoms with Crippen molar-refractivity contribution in [3.63, 3.8) is 0 Å². The van der Waals surface area contributed by atoms with Crippen molar-refractivity contribution in [2.45, 2.75) is 37.0 Å². The summed E-state index contributed by atoms with van der Waals surface area (Å²) in [7, 11) is 0. The Morgan fingerprint density at radius 2 is 1.94 bits per heavy atom. The number of nitrogens with zero attached hydrogens (tertiary/aromatic N) is 2. The summed E-state index contributed by atoms with van der Waals surface area (Å²) < 4.78 is 59.1. The lowest BCUT2D eigenvalue weighted by Crippen LogP contribution is -2.55. The Balaban J connectivity index is 2.00. The highest BCUT2D eigenvalue weighted by atomic mass is 35.5. The number of amides is 4. The monoisotopic (exact) mass is 498 g/mol. The van der Waals surface area contributed by atoms with E-state index in [9.17, 15) is 32.3 Å². The summed E-state index contributed by atoms with van der Waals surface area (Å²) in [5.41, 5.74) is 2.51. The Kier molecular flexibility index (Phi) is 5.80. The standard InChI is InChI=1S/C21H15ClF4N4O4/c22-10-2-1-7-28-16(10)14(21(24,25)26)17-13-8(3-4-9(15(13)23)18(27)32)20(34)30(17)11-5-6-12(31)29-19(11)33/h1-4,7,11,14,17H,5-6H2,(H2,27,32)(H,29,31,33)/t11?,14-,17?/m0/s1. The minimum absolute atomic E-state index is 0.251. The minimum Gasteiger partial charge on any atom is -0.366 e. The summed E-state index contributed by atoms with van der Waals surface area (Å²) >= 11 is 6.01. The number of rotatable bonds is 4. The Hall–Kier alpha value is -3.54. The SMILES string of the molecule is NC(=O)c1ccc2c(c1F)C([C@H](c1ncccc1Cl)C(F)(F)F)N(C1CCC(=O)NC1=O)C2=O. The number of nitrogens with one attached hydrogen (secondary N) is 1. The van der Waals surface area contributed by atoms with Crippen molar-refractivity contribution in [2.24, 2.45) is 5.73 Å². The summed E-state index contributed by atoms with van der Waals surface area (Å²) in [6.45, 7) is 0. The molecule has 4 rings (SSSR count). The van der Waals surface area contributed by atoms with Crippen LogP contribution in [0.5, 0.6) is 0 Å². The predicted octanol–water partition coefficient (Wildman–Crippen LogP) is 2.62. The highest BCUT2D eigenvalue weighted by molar-refractivity contribution is 6.31. The molecule has 178 valence electrons. The number of carbonyl (C=O) groups is 4. The van der Waals surface area contributed by atoms with Crippen LogP contribution in [0.15, 0.2) is 30.5 Å². The Labute approximate surface area is 194 Å². The molecule has 3 N–H and O–H groups in total. The summed E-state index contributed by atoms with van der Waals surface area (Å²) in [4.78, 5) is 53.4. The molecule has 8 nitrogen and oxygen atoms in total. The fraction of sp³-hybridized carbons (Fsp3) is 0.286. The molecule has 0 bridgehead atoms. The number of halogens is 5. The molecule has 2 aromatic rings. The number of hydrogen-bond acceptors (Lipinski definition) is 5. The third-order valence-electron chi connectivity index (χ3n) is 5.80. The highest BCUT2D eigenvalue weighted by Gasteiger charge is 2.58. The Morgan fingerprint density at radius 1 is 1.24 bits per heavy atom. The van der Waals surface area contributed by atoms with E-state index in [1.165, 1.54) is 6.07 Å². The van der Waals surface area contributed by atoms with E-state index in [0.717, 1.165) is 24.4 Å². The summed E-state index contributed by atoms with van der Waals surface area (Å²) in [5.74, 6) is -8.10. The van der Waals surface area contributed by atoms with Crippen LogP contribution in [-0.4, -0.2) is 45.7 Å². The predicted molar refractivity (Wildman–Crippen MR) is 108 cm³/mol. The largest absolute Gasteiger partial charge is 0.399 e. The zero-order valence-electron chi connectivity index (χ0n) is 17.0. The van der Waals surface area contributed by atoms with Gasteiger partial charge in [-0.15, -0.1) is 0 Å². The molecule has 0 spiro atoms. The van der Waals surface area contributed by atoms with Crippen molar-refractivity contribution in [1.82, 2.24) is 15.2 Å². The van der Waals surface area contributed by atoms with Crippen LogP contribution in [0.25, 0.3) is 0 Å². The zero-order chi connectivity index (χ0) is 24.9. The fourth-order valence-electron chi connectivity index (χ4n) is 4.38. The zero-order valence-corrected chi connectivity index (χ0v) is 17.8. The molecule has 4 amide bonds. The van der Waals surface area contributed by atoms with Crippen LogP contribution < -0.4 is 11.1 Å². The number of alkyl halides is 3. The molecular weight excluding hydrogens is 484 g/mol. The van der Waals surface area contributed by atoms with Gasteiger partial charge in [-0.2, -0.15) is 13.2 Å². The van der Waals surface area contributed by atoms with Crippen LogP contribution in [-0.2, 0) is 9.59 Å². The van der Waals surface area contributed by atoms with Crippen molar-refractivity contribution in [3.8, 4) is 0 Å². The Morgan fingerprint density at radius 3 is 2.53 bits per heavy atom. The van der Waals surface area contributed by atoms with E-state index >= 15 is 4.39 Å². The quantitative estimate of drug-likeness (QED) is 0.495. The van der Waals surface area contributed by atoms with Gasteiger partial charge in [-0.3, -0.25) is 29.5 Å². The number of carbonyl (C=O) groups excluding carboxylic acids is 4. The van der Waals surface area contributed by atoms with Crippen molar-refractivity contribution in [2.75, 3.05) is 0 Å². The molecule has 0 saturated carbocycles. The highest BCUT2D eigenvalue weighted by Crippen LogP contribution is 2.53. The van der Waals surface area contributed by atoms with Crippen molar-refractivity contribution in [3.05, 3.63) is 63.7 Å². The van der Waals surface area contributed by atoms with Gasteiger partial charge in [0.25, 0.3) is 11.8 Å². The molecule has 34 heavy (non-hydrogen) atoms. The second kappa shape index (κ2) is 8.35. The van der Waals surface area contributed by atoms with Gasteiger partial charge >= 0.3 is 6.18 Å². The lowest BCUT2D eigenvalue weighted by molar-refractivity contribution is -0.168. The number of piperidine rings is 1. The molecular formula is C21H15ClF4N4O4. The number of pyridine rings is 1. The second-order valence-electron chi connectivity index (χ2n) is 7.77. The van der Waals surface area contributed by atoms with E-state index in [4.69, 9.17) is 17.3 Å². The first kappa shape index (κ1) is 23.6. The molecule has 1 aromatic carbocycles. The molecule has 0 aliphatic carbocycles. The number of hydrogen-bond donors (Lipinski definition) is 2. The van der Waals surface area contributed by atoms with Gasteiger partial charge in [0.2, 0.25) is 11.8 Å². The molecule has 1 saturated heterocycles. The molecule has 2 aliphatic heterocycles. The van der Waals surface area contributed by atoms with Crippen LogP contribution in [0.2, 0.25) is 5.02 Å². The maximum Gasteiger partial charge on any atom is 0.399 e. The lowest BCUT2D eigenvalue weighted by atomic mass is 9.86. The summed E-state index contributed by atoms with van der Waals surface area (Å²) in [5, 5.41) is 1.58. The van der Waals surface area contributed by atoms with Gasteiger partial charge in [-0.25, -0.2) is 4.39 Å². The summed E-state index contributed by atoms with van der Waals surface area (Å²) in [6, 6.07) is 0.622. The number of nitrogens with two attached hydrogens (primary N) is 1. The fourth-order valence-corrected chi connectivity index (χ4v) is 4.62. The molecule has 3 atom stereocenters. The van der Waals surface area contributed by atoms with E-state index < -0.39 is 81.0 Å². The average molecular weight is 499 g/mol. The average Bonchev–Trinajstić information content (AvgIpc) is 3.02. The molecule has 13 heteroatoms. The smallest absolute Gasteiger partial charge is 0.366 e. The number of aromatic nitrogens is 1. The Bertz CT molecular complexity index is 1240. The lowest BCUT2D eigenvalue weighted by Gasteiger charge is -2.38. The molecule has 3 heterocycles. The molecule has 2 unspecified atom stereocenters. The van der Waals surface area contributed by atoms with Gasteiger partial charge in [-0.05, 0) is 30.7 Å². The third-order valence-corrected chi connectivity index (χ3v) is 6.12. The van der Waals surface area contributed by atoms with Gasteiger partial charge in [0, 0.05) is 23.7 Å². The molecule has 2 aliphatic rings. The van der Waals surface area contributed by atoms with Gasteiger partial charge in [0.1, 0.15) is 17.8 Å². The third kappa shape index (κ3) is 3.77. The first-order chi connectivity index (χ1) is 15.9. The molecule has 1 fully saturated rings. The normalized spacial score (nSPS) is 21.3. The van der Waals surface area contributed by atoms with Gasteiger partial charge < -0.3 is 10.6 Å². The van der Waals surface area contributed by atoms with Crippen LogP contribution in [0.4, 0.5) is 17.6 Å². The van der Waals surface area contributed by atoms with Gasteiger partial charge in [0.05, 0.1) is 22.3 Å². The number of benzene rings is 1. The number of fused-ring (bicyclic) bond motifs is 1. The second-order valence-corrected chi connectivity index (χ2v) is 8.17. The maximum atomic E-state index is 15.5. The van der Waals surface area contributed by atoms with E-state index in [-0.39, 0.29) is 12.8 Å². The van der Waals surface area contributed by atoms with Crippen LogP contribution in [0, 0.1) is 5.82 Å². The molecule has 0 radical (unpaired) electrons. The number of primary amides is 1. The van der Waals surface area contributed by atoms with E-state index in [0.29, 0.717) is 4.90 Å². The van der Waals surface area contributed by atoms with E-state index in [1.54, 1.807) is 0 Å². The van der Waals surface area contributed by atoms with Crippen LogP contribution >= 0.6 is 11.6 Å². The first-order valence-corrected chi connectivity index (χ1v) is 10.3. The van der Waals surface area contributed by atoms with Crippen molar-refractivity contribution >= 4 is 35.2 Å². The summed E-state index contributed by atoms with van der Waals surface area (Å²) in [6.07, 6.45) is -4.62. The molecule has 1 aromatic heterocycles. The van der Waals surface area contributed by atoms with Gasteiger partial charge in [0.15, 0.2) is 0 Å². The van der Waals surface area contributed by atoms with Crippen LogP contribution in [0.3, 0.4) is 0 Å². The van der Waals surface area contributed by atoms with Crippen molar-refractivity contribution in [1.29, 1.82) is 0 Å². The first-order valence-electron chi connectivity index (χ1n) is 9.89.